The lowest BCUT2D eigenvalue weighted by atomic mass is 10.1. The molecule has 0 saturated carbocycles. The van der Waals surface area contributed by atoms with Crippen LogP contribution in [-0.2, 0) is 9.47 Å². The Morgan fingerprint density at radius 2 is 2.05 bits per heavy atom. The Morgan fingerprint density at radius 3 is 2.74 bits per heavy atom. The van der Waals surface area contributed by atoms with Crippen LogP contribution in [0.25, 0.3) is 0 Å². The molecule has 0 aromatic heterocycles. The quantitative estimate of drug-likeness (QED) is 0.816. The molecule has 0 aliphatic carbocycles. The van der Waals surface area contributed by atoms with E-state index < -0.39 is 5.79 Å². The molecular formula is C15H18N2O2. The Morgan fingerprint density at radius 1 is 1.32 bits per heavy atom. The zero-order valence-corrected chi connectivity index (χ0v) is 11.2. The number of hydrogen-bond donors (Lipinski definition) is 0. The van der Waals surface area contributed by atoms with Crippen LogP contribution in [0.1, 0.15) is 20.3 Å². The highest BCUT2D eigenvalue weighted by Crippen LogP contribution is 2.39. The van der Waals surface area contributed by atoms with Gasteiger partial charge >= 0.3 is 0 Å². The van der Waals surface area contributed by atoms with Crippen LogP contribution in [-0.4, -0.2) is 30.6 Å². The molecule has 2 fully saturated rings. The van der Waals surface area contributed by atoms with E-state index in [1.807, 2.05) is 32.0 Å². The molecule has 19 heavy (non-hydrogen) atoms. The second-order valence-electron chi connectivity index (χ2n) is 5.56. The summed E-state index contributed by atoms with van der Waals surface area (Å²) in [5.74, 6) is -0.536. The lowest BCUT2D eigenvalue weighted by molar-refractivity contribution is -0.150. The Kier molecular flexibility index (Phi) is 2.96. The van der Waals surface area contributed by atoms with Gasteiger partial charge in [-0.2, -0.15) is 5.26 Å². The summed E-state index contributed by atoms with van der Waals surface area (Å²) >= 11 is 0. The number of fused-ring (bicyclic) bond motifs is 1. The molecule has 4 nitrogen and oxygen atoms in total. The summed E-state index contributed by atoms with van der Waals surface area (Å²) in [5, 5.41) is 9.07. The first-order chi connectivity index (χ1) is 9.11. The van der Waals surface area contributed by atoms with E-state index in [-0.39, 0.29) is 18.2 Å². The minimum atomic E-state index is -0.536. The lowest BCUT2D eigenvalue weighted by Crippen LogP contribution is -2.38. The molecule has 0 radical (unpaired) electrons. The molecule has 0 N–H and O–H groups in total. The van der Waals surface area contributed by atoms with Crippen molar-refractivity contribution in [2.24, 2.45) is 0 Å². The van der Waals surface area contributed by atoms with Crippen LogP contribution in [0.3, 0.4) is 0 Å². The zero-order chi connectivity index (χ0) is 13.5. The first kappa shape index (κ1) is 12.5. The fourth-order valence-corrected chi connectivity index (χ4v) is 3.07. The summed E-state index contributed by atoms with van der Waals surface area (Å²) in [6.45, 7) is 4.65. The van der Waals surface area contributed by atoms with Gasteiger partial charge < -0.3 is 14.4 Å². The summed E-state index contributed by atoms with van der Waals surface area (Å²) in [7, 11) is 0. The molecule has 1 aromatic rings. The number of rotatable bonds is 2. The molecule has 2 aliphatic rings. The van der Waals surface area contributed by atoms with Crippen molar-refractivity contribution in [3.63, 3.8) is 0 Å². The van der Waals surface area contributed by atoms with Gasteiger partial charge in [0.1, 0.15) is 12.2 Å². The van der Waals surface area contributed by atoms with E-state index in [0.29, 0.717) is 6.42 Å². The van der Waals surface area contributed by atoms with E-state index in [0.717, 1.165) is 12.2 Å². The van der Waals surface area contributed by atoms with Crippen molar-refractivity contribution in [2.75, 3.05) is 11.4 Å². The van der Waals surface area contributed by atoms with Gasteiger partial charge in [0.05, 0.1) is 18.5 Å². The predicted octanol–water partition coefficient (Wildman–Crippen LogP) is 2.31. The first-order valence-corrected chi connectivity index (χ1v) is 6.65. The third kappa shape index (κ3) is 2.20. The van der Waals surface area contributed by atoms with Crippen molar-refractivity contribution in [2.45, 2.75) is 44.3 Å². The molecule has 3 rings (SSSR count). The van der Waals surface area contributed by atoms with Gasteiger partial charge in [0.2, 0.25) is 0 Å². The number of anilines is 1. The van der Waals surface area contributed by atoms with Crippen LogP contribution in [0.5, 0.6) is 0 Å². The standard InChI is InChI=1S/C15H18N2O2/c1-15(2)18-13-10-17(11-6-4-3-5-7-11)12(8-9-16)14(13)19-15/h3-7,12-14H,8,10H2,1-2H3/t12-,13+,14-/m1/s1. The molecule has 0 spiro atoms. The van der Waals surface area contributed by atoms with Gasteiger partial charge in [0.15, 0.2) is 5.79 Å². The molecule has 1 aromatic carbocycles. The first-order valence-electron chi connectivity index (χ1n) is 6.65. The van der Waals surface area contributed by atoms with E-state index in [1.165, 1.54) is 0 Å². The Balaban J connectivity index is 1.87. The molecule has 0 unspecified atom stereocenters. The highest BCUT2D eigenvalue weighted by Gasteiger charge is 2.52. The number of nitriles is 1. The summed E-state index contributed by atoms with van der Waals surface area (Å²) in [6.07, 6.45) is 0.485. The topological polar surface area (TPSA) is 45.5 Å². The monoisotopic (exact) mass is 258 g/mol. The molecule has 4 heteroatoms. The smallest absolute Gasteiger partial charge is 0.163 e. The highest BCUT2D eigenvalue weighted by atomic mass is 16.8. The van der Waals surface area contributed by atoms with Crippen LogP contribution in [0, 0.1) is 11.3 Å². The second kappa shape index (κ2) is 4.52. The van der Waals surface area contributed by atoms with E-state index in [4.69, 9.17) is 14.7 Å². The number of nitrogens with zero attached hydrogens (tertiary/aromatic N) is 2. The normalized spacial score (nSPS) is 32.1. The predicted molar refractivity (Wildman–Crippen MR) is 71.6 cm³/mol. The maximum Gasteiger partial charge on any atom is 0.163 e. The summed E-state index contributed by atoms with van der Waals surface area (Å²) in [5.41, 5.74) is 1.13. The van der Waals surface area contributed by atoms with Gasteiger partial charge in [-0.15, -0.1) is 0 Å². The molecule has 2 aliphatic heterocycles. The van der Waals surface area contributed by atoms with Crippen LogP contribution in [0.2, 0.25) is 0 Å². The number of ether oxygens (including phenoxy) is 2. The Hall–Kier alpha value is -1.57. The van der Waals surface area contributed by atoms with Crippen molar-refractivity contribution in [1.82, 2.24) is 0 Å². The second-order valence-corrected chi connectivity index (χ2v) is 5.56. The van der Waals surface area contributed by atoms with E-state index >= 15 is 0 Å². The summed E-state index contributed by atoms with van der Waals surface area (Å²) in [6, 6.07) is 12.5. The SMILES string of the molecule is CC1(C)O[C@H]2[C@H](CN(c3ccccc3)[C@@H]2CC#N)O1. The molecule has 0 amide bonds. The van der Waals surface area contributed by atoms with Crippen LogP contribution >= 0.6 is 0 Å². The van der Waals surface area contributed by atoms with Crippen molar-refractivity contribution in [3.05, 3.63) is 30.3 Å². The van der Waals surface area contributed by atoms with Crippen LogP contribution in [0.15, 0.2) is 30.3 Å². The maximum atomic E-state index is 9.07. The maximum absolute atomic E-state index is 9.07. The average Bonchev–Trinajstić information content (AvgIpc) is 2.85. The number of hydrogen-bond acceptors (Lipinski definition) is 4. The Labute approximate surface area is 113 Å². The molecular weight excluding hydrogens is 240 g/mol. The van der Waals surface area contributed by atoms with Gasteiger partial charge in [0.25, 0.3) is 0 Å². The van der Waals surface area contributed by atoms with E-state index in [2.05, 4.69) is 23.1 Å². The molecule has 100 valence electrons. The fourth-order valence-electron chi connectivity index (χ4n) is 3.07. The van der Waals surface area contributed by atoms with Crippen LogP contribution in [0.4, 0.5) is 5.69 Å². The van der Waals surface area contributed by atoms with Crippen molar-refractivity contribution >= 4 is 5.69 Å². The van der Waals surface area contributed by atoms with Gasteiger partial charge in [0, 0.05) is 12.2 Å². The van der Waals surface area contributed by atoms with E-state index in [1.54, 1.807) is 0 Å². The molecule has 3 atom stereocenters. The summed E-state index contributed by atoms with van der Waals surface area (Å²) < 4.78 is 11.9. The summed E-state index contributed by atoms with van der Waals surface area (Å²) in [4.78, 5) is 2.23. The van der Waals surface area contributed by atoms with Gasteiger partial charge in [-0.3, -0.25) is 0 Å². The minimum absolute atomic E-state index is 0.0187. The number of para-hydroxylation sites is 1. The third-order valence-electron chi connectivity index (χ3n) is 3.77. The van der Waals surface area contributed by atoms with Crippen molar-refractivity contribution in [1.29, 1.82) is 5.26 Å². The largest absolute Gasteiger partial charge is 0.362 e. The number of benzene rings is 1. The molecule has 2 heterocycles. The highest BCUT2D eigenvalue weighted by molar-refractivity contribution is 5.49. The van der Waals surface area contributed by atoms with E-state index in [9.17, 15) is 0 Å². The van der Waals surface area contributed by atoms with Gasteiger partial charge in [-0.1, -0.05) is 18.2 Å². The zero-order valence-electron chi connectivity index (χ0n) is 11.2. The fraction of sp³-hybridized carbons (Fsp3) is 0.533. The van der Waals surface area contributed by atoms with Crippen molar-refractivity contribution < 1.29 is 9.47 Å². The van der Waals surface area contributed by atoms with Gasteiger partial charge in [-0.25, -0.2) is 0 Å². The van der Waals surface area contributed by atoms with Crippen LogP contribution < -0.4 is 4.90 Å². The Bertz CT molecular complexity index is 495. The average molecular weight is 258 g/mol. The molecule has 0 bridgehead atoms. The minimum Gasteiger partial charge on any atom is -0.362 e. The van der Waals surface area contributed by atoms with Crippen molar-refractivity contribution in [3.8, 4) is 6.07 Å². The lowest BCUT2D eigenvalue weighted by Gasteiger charge is -2.30. The van der Waals surface area contributed by atoms with Gasteiger partial charge in [-0.05, 0) is 26.0 Å². The molecule has 2 saturated heterocycles. The third-order valence-corrected chi connectivity index (χ3v) is 3.77.